The van der Waals surface area contributed by atoms with Crippen molar-refractivity contribution < 1.29 is 19.1 Å². The molecule has 0 bridgehead atoms. The van der Waals surface area contributed by atoms with E-state index in [0.717, 1.165) is 16.3 Å². The van der Waals surface area contributed by atoms with Crippen LogP contribution in [0.3, 0.4) is 0 Å². The molecule has 5 heteroatoms. The van der Waals surface area contributed by atoms with E-state index in [-0.39, 0.29) is 12.6 Å². The summed E-state index contributed by atoms with van der Waals surface area (Å²) in [5.74, 6) is -0.487. The molecule has 0 heterocycles. The van der Waals surface area contributed by atoms with Gasteiger partial charge in [-0.05, 0) is 44.0 Å². The Morgan fingerprint density at radius 1 is 1.08 bits per heavy atom. The minimum absolute atomic E-state index is 0.214. The number of hydrogen-bond donors (Lipinski definition) is 1. The Morgan fingerprint density at radius 3 is 2.48 bits per heavy atom. The van der Waals surface area contributed by atoms with Gasteiger partial charge in [0.15, 0.2) is 0 Å². The Balaban J connectivity index is 1.86. The summed E-state index contributed by atoms with van der Waals surface area (Å²) in [6.07, 6.45) is -0.315. The number of esters is 1. The number of carbonyl (C=O) groups is 2. The first kappa shape index (κ1) is 18.8. The lowest BCUT2D eigenvalue weighted by Gasteiger charge is -2.20. The molecule has 25 heavy (non-hydrogen) atoms. The number of hydrogen-bond acceptors (Lipinski definition) is 4. The van der Waals surface area contributed by atoms with Crippen LogP contribution in [0, 0.1) is 0 Å². The largest absolute Gasteiger partial charge is 0.461 e. The Kier molecular flexibility index (Phi) is 6.02. The molecule has 1 atom stereocenters. The van der Waals surface area contributed by atoms with Crippen molar-refractivity contribution >= 4 is 22.8 Å². The second kappa shape index (κ2) is 8.01. The number of ether oxygens (including phenoxy) is 2. The summed E-state index contributed by atoms with van der Waals surface area (Å²) in [6.45, 7) is 6.91. The van der Waals surface area contributed by atoms with Gasteiger partial charge in [0.25, 0.3) is 0 Å². The summed E-state index contributed by atoms with van der Waals surface area (Å²) in [5, 5.41) is 4.71. The Bertz CT molecular complexity index is 743. The maximum atomic E-state index is 11.9. The van der Waals surface area contributed by atoms with Crippen LogP contribution in [-0.4, -0.2) is 30.3 Å². The second-order valence-corrected chi connectivity index (χ2v) is 7.00. The van der Waals surface area contributed by atoms with E-state index >= 15 is 0 Å². The average Bonchev–Trinajstić information content (AvgIpc) is 2.51. The highest BCUT2D eigenvalue weighted by molar-refractivity contribution is 5.85. The van der Waals surface area contributed by atoms with Crippen LogP contribution in [0.15, 0.2) is 42.5 Å². The molecule has 0 radical (unpaired) electrons. The Hall–Kier alpha value is -2.56. The van der Waals surface area contributed by atoms with Gasteiger partial charge in [-0.25, -0.2) is 4.79 Å². The summed E-state index contributed by atoms with van der Waals surface area (Å²) in [7, 11) is 0. The van der Waals surface area contributed by atoms with Crippen molar-refractivity contribution in [1.82, 2.24) is 5.32 Å². The molecule has 134 valence electrons. The van der Waals surface area contributed by atoms with Crippen LogP contribution in [0.2, 0.25) is 0 Å². The normalized spacial score (nSPS) is 12.5. The molecule has 2 aromatic rings. The van der Waals surface area contributed by atoms with Crippen molar-refractivity contribution in [3.8, 4) is 0 Å². The van der Waals surface area contributed by atoms with Crippen LogP contribution in [0.5, 0.6) is 0 Å². The number of fused-ring (bicyclic) bond motifs is 1. The lowest BCUT2D eigenvalue weighted by atomic mass is 10.0. The van der Waals surface area contributed by atoms with Crippen LogP contribution in [-0.2, 0) is 20.7 Å². The van der Waals surface area contributed by atoms with Crippen LogP contribution in [0.1, 0.15) is 33.3 Å². The van der Waals surface area contributed by atoms with Crippen LogP contribution in [0.25, 0.3) is 10.8 Å². The van der Waals surface area contributed by atoms with E-state index in [2.05, 4.69) is 23.5 Å². The van der Waals surface area contributed by atoms with Gasteiger partial charge in [0.2, 0.25) is 0 Å². The number of benzene rings is 2. The molecule has 0 aliphatic carbocycles. The quantitative estimate of drug-likeness (QED) is 0.838. The van der Waals surface area contributed by atoms with Crippen molar-refractivity contribution in [2.75, 3.05) is 6.54 Å². The van der Waals surface area contributed by atoms with Gasteiger partial charge >= 0.3 is 12.1 Å². The minimum Gasteiger partial charge on any atom is -0.461 e. The van der Waals surface area contributed by atoms with Crippen molar-refractivity contribution in [3.05, 3.63) is 48.0 Å². The van der Waals surface area contributed by atoms with Crippen molar-refractivity contribution in [3.63, 3.8) is 0 Å². The van der Waals surface area contributed by atoms with Gasteiger partial charge in [0.05, 0.1) is 0 Å². The monoisotopic (exact) mass is 343 g/mol. The molecule has 1 N–H and O–H groups in total. The topological polar surface area (TPSA) is 64.6 Å². The highest BCUT2D eigenvalue weighted by Crippen LogP contribution is 2.20. The maximum absolute atomic E-state index is 11.9. The van der Waals surface area contributed by atoms with Crippen LogP contribution in [0.4, 0.5) is 4.79 Å². The molecule has 5 nitrogen and oxygen atoms in total. The predicted molar refractivity (Wildman–Crippen MR) is 97.4 cm³/mol. The van der Waals surface area contributed by atoms with E-state index in [1.54, 1.807) is 20.8 Å². The molecule has 2 rings (SSSR count). The zero-order valence-electron chi connectivity index (χ0n) is 15.2. The van der Waals surface area contributed by atoms with E-state index in [9.17, 15) is 9.59 Å². The molecular formula is C20H25NO4. The summed E-state index contributed by atoms with van der Waals surface area (Å²) >= 11 is 0. The number of rotatable bonds is 5. The highest BCUT2D eigenvalue weighted by Gasteiger charge is 2.18. The van der Waals surface area contributed by atoms with E-state index in [1.165, 1.54) is 0 Å². The lowest BCUT2D eigenvalue weighted by Crippen LogP contribution is -2.36. The van der Waals surface area contributed by atoms with Crippen LogP contribution < -0.4 is 5.32 Å². The standard InChI is InChI=1S/C20H25NO4/c1-14(24-18(22)13-21-19(23)25-20(2,3)4)12-16-10-7-9-15-8-5-6-11-17(15)16/h5-11,14H,12-13H2,1-4H3,(H,21,23). The molecule has 0 aromatic heterocycles. The third kappa shape index (κ3) is 6.10. The van der Waals surface area contributed by atoms with Gasteiger partial charge in [0.1, 0.15) is 18.2 Å². The van der Waals surface area contributed by atoms with Gasteiger partial charge < -0.3 is 14.8 Å². The first-order chi connectivity index (χ1) is 11.7. The molecule has 0 spiro atoms. The number of alkyl carbamates (subject to hydrolysis) is 1. The van der Waals surface area contributed by atoms with Gasteiger partial charge in [-0.2, -0.15) is 0 Å². The second-order valence-electron chi connectivity index (χ2n) is 7.00. The molecule has 1 unspecified atom stereocenters. The molecule has 0 saturated carbocycles. The summed E-state index contributed by atoms with van der Waals surface area (Å²) in [4.78, 5) is 23.4. The molecule has 0 aliphatic rings. The zero-order chi connectivity index (χ0) is 18.4. The first-order valence-electron chi connectivity index (χ1n) is 8.37. The summed E-state index contributed by atoms with van der Waals surface area (Å²) in [6, 6.07) is 14.2. The maximum Gasteiger partial charge on any atom is 0.408 e. The molecule has 2 aromatic carbocycles. The SMILES string of the molecule is CC(Cc1cccc2ccccc12)OC(=O)CNC(=O)OC(C)(C)C. The minimum atomic E-state index is -0.633. The zero-order valence-corrected chi connectivity index (χ0v) is 15.2. The predicted octanol–water partition coefficient (Wildman–Crippen LogP) is 3.84. The van der Waals surface area contributed by atoms with Gasteiger partial charge in [-0.3, -0.25) is 4.79 Å². The molecular weight excluding hydrogens is 318 g/mol. The summed E-state index contributed by atoms with van der Waals surface area (Å²) in [5.41, 5.74) is 0.522. The molecule has 0 fully saturated rings. The fourth-order valence-electron chi connectivity index (χ4n) is 2.55. The molecule has 1 amide bonds. The van der Waals surface area contributed by atoms with Crippen molar-refractivity contribution in [1.29, 1.82) is 0 Å². The third-order valence-electron chi connectivity index (χ3n) is 3.50. The van der Waals surface area contributed by atoms with Gasteiger partial charge in [0, 0.05) is 6.42 Å². The first-order valence-corrected chi connectivity index (χ1v) is 8.37. The number of amides is 1. The molecule has 0 aliphatic heterocycles. The van der Waals surface area contributed by atoms with E-state index in [1.807, 2.05) is 31.2 Å². The Labute approximate surface area is 148 Å². The third-order valence-corrected chi connectivity index (χ3v) is 3.50. The van der Waals surface area contributed by atoms with Gasteiger partial charge in [-0.15, -0.1) is 0 Å². The van der Waals surface area contributed by atoms with Crippen molar-refractivity contribution in [2.24, 2.45) is 0 Å². The smallest absolute Gasteiger partial charge is 0.408 e. The highest BCUT2D eigenvalue weighted by atomic mass is 16.6. The van der Waals surface area contributed by atoms with Crippen molar-refractivity contribution in [2.45, 2.75) is 45.8 Å². The fraction of sp³-hybridized carbons (Fsp3) is 0.400. The van der Waals surface area contributed by atoms with E-state index < -0.39 is 17.7 Å². The summed E-state index contributed by atoms with van der Waals surface area (Å²) < 4.78 is 10.5. The fourth-order valence-corrected chi connectivity index (χ4v) is 2.55. The van der Waals surface area contributed by atoms with Gasteiger partial charge in [-0.1, -0.05) is 42.5 Å². The Morgan fingerprint density at radius 2 is 1.76 bits per heavy atom. The number of nitrogens with one attached hydrogen (secondary N) is 1. The lowest BCUT2D eigenvalue weighted by molar-refractivity contribution is -0.147. The molecule has 0 saturated heterocycles. The van der Waals surface area contributed by atoms with E-state index in [0.29, 0.717) is 6.42 Å². The van der Waals surface area contributed by atoms with Crippen LogP contribution >= 0.6 is 0 Å². The van der Waals surface area contributed by atoms with E-state index in [4.69, 9.17) is 9.47 Å². The number of carbonyl (C=O) groups excluding carboxylic acids is 2. The average molecular weight is 343 g/mol.